The Balaban J connectivity index is 1.72. The first-order chi connectivity index (χ1) is 11.3. The van der Waals surface area contributed by atoms with Crippen LogP contribution < -0.4 is 10.9 Å². The van der Waals surface area contributed by atoms with Crippen molar-refractivity contribution >= 4 is 17.7 Å². The van der Waals surface area contributed by atoms with Gasteiger partial charge in [-0.1, -0.05) is 51.8 Å². The normalized spacial score (nSPS) is 22.0. The Kier molecular flexibility index (Phi) is 5.04. The molecule has 0 bridgehead atoms. The molecule has 24 heavy (non-hydrogen) atoms. The molecule has 1 amide bonds. The van der Waals surface area contributed by atoms with E-state index in [1.54, 1.807) is 10.6 Å². The van der Waals surface area contributed by atoms with Gasteiger partial charge in [0.25, 0.3) is 5.56 Å². The van der Waals surface area contributed by atoms with Gasteiger partial charge >= 0.3 is 0 Å². The Bertz CT molecular complexity index is 672. The molecule has 1 aliphatic heterocycles. The van der Waals surface area contributed by atoms with Crippen LogP contribution in [0.5, 0.6) is 0 Å². The van der Waals surface area contributed by atoms with E-state index in [-0.39, 0.29) is 22.8 Å². The highest BCUT2D eigenvalue weighted by Crippen LogP contribution is 2.28. The van der Waals surface area contributed by atoms with Crippen LogP contribution in [0.3, 0.4) is 0 Å². The molecular formula is C18H27N3O2S. The van der Waals surface area contributed by atoms with Crippen LogP contribution in [0.15, 0.2) is 16.0 Å². The van der Waals surface area contributed by atoms with E-state index in [9.17, 15) is 9.59 Å². The monoisotopic (exact) mass is 349 g/mol. The number of carbonyl (C=O) groups excluding carboxylic acids is 1. The minimum Gasteiger partial charge on any atom is -0.353 e. The van der Waals surface area contributed by atoms with E-state index in [1.807, 2.05) is 0 Å². The number of hydrogen-bond donors (Lipinski definition) is 1. The van der Waals surface area contributed by atoms with E-state index in [1.165, 1.54) is 31.0 Å². The molecule has 1 fully saturated rings. The van der Waals surface area contributed by atoms with Crippen LogP contribution >= 0.6 is 11.8 Å². The largest absolute Gasteiger partial charge is 0.353 e. The SMILES string of the molecule is CC(C)(C)c1cc(=O)n2c(n1)SCC(C(=O)NC1CCCCC1)C2. The quantitative estimate of drug-likeness (QED) is 0.834. The van der Waals surface area contributed by atoms with Gasteiger partial charge in [0.1, 0.15) is 0 Å². The molecule has 5 nitrogen and oxygen atoms in total. The fourth-order valence-electron chi connectivity index (χ4n) is 3.32. The standard InChI is InChI=1S/C18H27N3O2S/c1-18(2,3)14-9-15(22)21-10-12(11-24-17(21)20-14)16(23)19-13-7-5-4-6-8-13/h9,12-13H,4-8,10-11H2,1-3H3,(H,19,23). The van der Waals surface area contributed by atoms with Crippen LogP contribution in [0, 0.1) is 5.92 Å². The number of fused-ring (bicyclic) bond motifs is 1. The zero-order chi connectivity index (χ0) is 17.3. The maximum Gasteiger partial charge on any atom is 0.254 e. The second kappa shape index (κ2) is 6.90. The van der Waals surface area contributed by atoms with Crippen molar-refractivity contribution in [3.05, 3.63) is 22.1 Å². The highest BCUT2D eigenvalue weighted by molar-refractivity contribution is 7.99. The molecule has 1 aliphatic carbocycles. The van der Waals surface area contributed by atoms with E-state index >= 15 is 0 Å². The van der Waals surface area contributed by atoms with E-state index in [4.69, 9.17) is 0 Å². The van der Waals surface area contributed by atoms with Gasteiger partial charge in [0.2, 0.25) is 5.91 Å². The smallest absolute Gasteiger partial charge is 0.254 e. The number of nitrogens with zero attached hydrogens (tertiary/aromatic N) is 2. The van der Waals surface area contributed by atoms with E-state index in [0.717, 1.165) is 23.7 Å². The second-order valence-corrected chi connectivity index (χ2v) is 8.96. The van der Waals surface area contributed by atoms with Crippen molar-refractivity contribution in [2.45, 2.75) is 76.0 Å². The molecule has 6 heteroatoms. The molecule has 0 aromatic carbocycles. The van der Waals surface area contributed by atoms with Crippen LogP contribution in [-0.4, -0.2) is 27.3 Å². The lowest BCUT2D eigenvalue weighted by atomic mass is 9.92. The van der Waals surface area contributed by atoms with Crippen molar-refractivity contribution in [1.29, 1.82) is 0 Å². The van der Waals surface area contributed by atoms with Crippen LogP contribution in [0.4, 0.5) is 0 Å². The molecule has 0 radical (unpaired) electrons. The topological polar surface area (TPSA) is 64.0 Å². The average molecular weight is 350 g/mol. The van der Waals surface area contributed by atoms with Gasteiger partial charge in [-0.25, -0.2) is 4.98 Å². The zero-order valence-corrected chi connectivity index (χ0v) is 15.6. The Morgan fingerprint density at radius 2 is 2.00 bits per heavy atom. The van der Waals surface area contributed by atoms with E-state index in [2.05, 4.69) is 31.1 Å². The second-order valence-electron chi connectivity index (χ2n) is 7.97. The first-order valence-corrected chi connectivity index (χ1v) is 9.88. The number of nitrogens with one attached hydrogen (secondary N) is 1. The third kappa shape index (κ3) is 3.85. The summed E-state index contributed by atoms with van der Waals surface area (Å²) < 4.78 is 1.66. The van der Waals surface area contributed by atoms with Gasteiger partial charge in [-0.05, 0) is 12.8 Å². The number of carbonyl (C=O) groups is 1. The van der Waals surface area contributed by atoms with Gasteiger partial charge < -0.3 is 5.32 Å². The van der Waals surface area contributed by atoms with Crippen LogP contribution in [0.1, 0.15) is 58.6 Å². The molecule has 2 heterocycles. The molecule has 1 atom stereocenters. The summed E-state index contributed by atoms with van der Waals surface area (Å²) in [5.74, 6) is 0.634. The molecule has 1 aromatic heterocycles. The number of amides is 1. The first-order valence-electron chi connectivity index (χ1n) is 8.90. The summed E-state index contributed by atoms with van der Waals surface area (Å²) in [7, 11) is 0. The molecule has 1 saturated carbocycles. The predicted molar refractivity (Wildman–Crippen MR) is 96.4 cm³/mol. The van der Waals surface area contributed by atoms with Gasteiger partial charge in [0.15, 0.2) is 5.16 Å². The molecule has 3 rings (SSSR count). The van der Waals surface area contributed by atoms with E-state index in [0.29, 0.717) is 18.3 Å². The van der Waals surface area contributed by atoms with Gasteiger partial charge in [-0.2, -0.15) is 0 Å². The lowest BCUT2D eigenvalue weighted by Crippen LogP contribution is -2.44. The molecule has 1 unspecified atom stereocenters. The molecule has 2 aliphatic rings. The van der Waals surface area contributed by atoms with Crippen molar-refractivity contribution in [2.24, 2.45) is 5.92 Å². The van der Waals surface area contributed by atoms with Crippen LogP contribution in [-0.2, 0) is 16.8 Å². The van der Waals surface area contributed by atoms with E-state index < -0.39 is 0 Å². The highest BCUT2D eigenvalue weighted by Gasteiger charge is 2.29. The van der Waals surface area contributed by atoms with Gasteiger partial charge in [0, 0.05) is 29.8 Å². The highest BCUT2D eigenvalue weighted by atomic mass is 32.2. The zero-order valence-electron chi connectivity index (χ0n) is 14.8. The Hall–Kier alpha value is -1.30. The summed E-state index contributed by atoms with van der Waals surface area (Å²) in [6, 6.07) is 1.93. The molecular weight excluding hydrogens is 322 g/mol. The van der Waals surface area contributed by atoms with Crippen LogP contribution in [0.2, 0.25) is 0 Å². The summed E-state index contributed by atoms with van der Waals surface area (Å²) in [4.78, 5) is 29.7. The number of hydrogen-bond acceptors (Lipinski definition) is 4. The lowest BCUT2D eigenvalue weighted by molar-refractivity contribution is -0.125. The van der Waals surface area contributed by atoms with Gasteiger partial charge in [-0.3, -0.25) is 14.2 Å². The van der Waals surface area contributed by atoms with Crippen molar-refractivity contribution in [3.8, 4) is 0 Å². The van der Waals surface area contributed by atoms with Gasteiger partial charge in [0.05, 0.1) is 11.6 Å². The number of aromatic nitrogens is 2. The molecule has 0 saturated heterocycles. The Labute approximate surface area is 147 Å². The number of thioether (sulfide) groups is 1. The summed E-state index contributed by atoms with van der Waals surface area (Å²) in [5.41, 5.74) is 0.619. The minimum absolute atomic E-state index is 0.0485. The van der Waals surface area contributed by atoms with Crippen LogP contribution in [0.25, 0.3) is 0 Å². The van der Waals surface area contributed by atoms with Gasteiger partial charge in [-0.15, -0.1) is 0 Å². The van der Waals surface area contributed by atoms with Crippen molar-refractivity contribution in [1.82, 2.24) is 14.9 Å². The van der Waals surface area contributed by atoms with Crippen molar-refractivity contribution in [3.63, 3.8) is 0 Å². The Morgan fingerprint density at radius 3 is 2.67 bits per heavy atom. The summed E-state index contributed by atoms with van der Waals surface area (Å²) in [5, 5.41) is 3.93. The van der Waals surface area contributed by atoms with Crippen molar-refractivity contribution < 1.29 is 4.79 Å². The fourth-order valence-corrected chi connectivity index (χ4v) is 4.41. The average Bonchev–Trinajstić information content (AvgIpc) is 2.54. The summed E-state index contributed by atoms with van der Waals surface area (Å²) in [6.07, 6.45) is 5.84. The molecule has 132 valence electrons. The Morgan fingerprint density at radius 1 is 1.29 bits per heavy atom. The first kappa shape index (κ1) is 17.5. The fraction of sp³-hybridized carbons (Fsp3) is 0.722. The molecule has 1 aromatic rings. The lowest BCUT2D eigenvalue weighted by Gasteiger charge is -2.29. The van der Waals surface area contributed by atoms with Crippen molar-refractivity contribution in [2.75, 3.05) is 5.75 Å². The molecule has 0 spiro atoms. The maximum atomic E-state index is 12.6. The third-order valence-corrected chi connectivity index (χ3v) is 6.02. The number of rotatable bonds is 2. The summed E-state index contributed by atoms with van der Waals surface area (Å²) >= 11 is 1.52. The molecule has 1 N–H and O–H groups in total. The summed E-state index contributed by atoms with van der Waals surface area (Å²) in [6.45, 7) is 6.61. The maximum absolute atomic E-state index is 12.6. The third-order valence-electron chi connectivity index (χ3n) is 4.88. The minimum atomic E-state index is -0.149. The predicted octanol–water partition coefficient (Wildman–Crippen LogP) is 2.71.